The molecule has 10 heteroatoms. The normalized spacial score (nSPS) is 13.1. The molecule has 0 bridgehead atoms. The second-order valence-corrected chi connectivity index (χ2v) is 13.1. The minimum absolute atomic E-state index is 0.607. The van der Waals surface area contributed by atoms with E-state index in [1.807, 2.05) is 41.5 Å². The predicted molar refractivity (Wildman–Crippen MR) is 132 cm³/mol. The number of aliphatic imine (C=N–C) groups is 1. The third-order valence-electron chi connectivity index (χ3n) is 4.92. The zero-order chi connectivity index (χ0) is 23.4. The van der Waals surface area contributed by atoms with Gasteiger partial charge in [0.2, 0.25) is 0 Å². The van der Waals surface area contributed by atoms with E-state index in [-0.39, 0.29) is 0 Å². The summed E-state index contributed by atoms with van der Waals surface area (Å²) in [6.45, 7) is 22.8. The number of nitrogens with zero attached hydrogens (tertiary/aromatic N) is 2. The van der Waals surface area contributed by atoms with E-state index in [0.29, 0.717) is 39.6 Å². The molecule has 0 aliphatic heterocycles. The average molecular weight is 482 g/mol. The number of rotatable bonds is 23. The summed E-state index contributed by atoms with van der Waals surface area (Å²) in [6, 6.07) is 1.66. The van der Waals surface area contributed by atoms with Gasteiger partial charge in [-0.25, -0.2) is 0 Å². The van der Waals surface area contributed by atoms with Crippen molar-refractivity contribution in [1.82, 2.24) is 4.90 Å². The molecule has 0 spiro atoms. The molecule has 8 nitrogen and oxygen atoms in total. The van der Waals surface area contributed by atoms with Crippen molar-refractivity contribution in [3.05, 3.63) is 0 Å². The van der Waals surface area contributed by atoms with Crippen LogP contribution < -0.4 is 0 Å². The Balaban J connectivity index is 4.88. The molecule has 0 heterocycles. The molecule has 188 valence electrons. The Kier molecular flexibility index (Phi) is 19.2. The van der Waals surface area contributed by atoms with E-state index in [4.69, 9.17) is 26.6 Å². The molecule has 0 aromatic carbocycles. The van der Waals surface area contributed by atoms with Crippen LogP contribution in [-0.4, -0.2) is 95.0 Å². The first-order valence-corrected chi connectivity index (χ1v) is 16.3. The van der Waals surface area contributed by atoms with E-state index in [2.05, 4.69) is 16.6 Å². The first-order chi connectivity index (χ1) is 15.0. The van der Waals surface area contributed by atoms with Crippen LogP contribution in [0.3, 0.4) is 0 Å². The van der Waals surface area contributed by atoms with Gasteiger partial charge in [0, 0.05) is 0 Å². The first-order valence-electron chi connectivity index (χ1n) is 12.1. The van der Waals surface area contributed by atoms with Crippen LogP contribution in [0.1, 0.15) is 54.4 Å². The predicted octanol–water partition coefficient (Wildman–Crippen LogP) is 3.60. The first kappa shape index (κ1) is 30.8. The van der Waals surface area contributed by atoms with E-state index in [9.17, 15) is 0 Å². The summed E-state index contributed by atoms with van der Waals surface area (Å²) in [5.41, 5.74) is 0. The number of hydrogen-bond acceptors (Lipinski definition) is 8. The molecule has 0 amide bonds. The van der Waals surface area contributed by atoms with Crippen LogP contribution in [0.2, 0.25) is 12.1 Å². The summed E-state index contributed by atoms with van der Waals surface area (Å²) in [5.74, 6) is 0. The maximum atomic E-state index is 6.01. The van der Waals surface area contributed by atoms with Crippen molar-refractivity contribution >= 4 is 24.3 Å². The maximum absolute atomic E-state index is 6.01. The van der Waals surface area contributed by atoms with Gasteiger partial charge in [-0.1, -0.05) is 0 Å². The van der Waals surface area contributed by atoms with Crippen molar-refractivity contribution < 1.29 is 26.6 Å². The molecule has 0 saturated carbocycles. The van der Waals surface area contributed by atoms with Gasteiger partial charge >= 0.3 is 193 Å². The van der Waals surface area contributed by atoms with Crippen LogP contribution in [-0.2, 0) is 26.6 Å². The molecule has 0 saturated heterocycles. The van der Waals surface area contributed by atoms with Gasteiger partial charge in [0.1, 0.15) is 0 Å². The second-order valence-electron chi connectivity index (χ2n) is 7.17. The zero-order valence-corrected chi connectivity index (χ0v) is 23.2. The van der Waals surface area contributed by atoms with Gasteiger partial charge in [0.15, 0.2) is 0 Å². The van der Waals surface area contributed by atoms with Crippen LogP contribution in [0.4, 0.5) is 0 Å². The molecule has 0 fully saturated rings. The van der Waals surface area contributed by atoms with Gasteiger partial charge in [0.05, 0.1) is 0 Å². The fraction of sp³-hybridized carbons (Fsp3) is 0.952. The van der Waals surface area contributed by atoms with E-state index in [1.165, 1.54) is 0 Å². The third kappa shape index (κ3) is 13.2. The van der Waals surface area contributed by atoms with E-state index < -0.39 is 17.6 Å². The van der Waals surface area contributed by atoms with E-state index in [0.717, 1.165) is 51.1 Å². The Bertz CT molecular complexity index is 369. The fourth-order valence-corrected chi connectivity index (χ4v) is 9.38. The molecular formula is C21H49N2O6Si2-. The van der Waals surface area contributed by atoms with Crippen molar-refractivity contribution in [3.8, 4) is 0 Å². The summed E-state index contributed by atoms with van der Waals surface area (Å²) in [5, 5.41) is 0. The molecule has 0 aliphatic carbocycles. The van der Waals surface area contributed by atoms with Gasteiger partial charge in [-0.05, 0) is 0 Å². The van der Waals surface area contributed by atoms with Crippen molar-refractivity contribution in [2.24, 2.45) is 4.99 Å². The van der Waals surface area contributed by atoms with Crippen LogP contribution in [0.15, 0.2) is 4.99 Å². The molecule has 31 heavy (non-hydrogen) atoms. The molecule has 0 rings (SSSR count). The van der Waals surface area contributed by atoms with Crippen molar-refractivity contribution in [3.63, 3.8) is 0 Å². The Hall–Kier alpha value is -0.176. The van der Waals surface area contributed by atoms with Crippen LogP contribution in [0.5, 0.6) is 0 Å². The Morgan fingerprint density at radius 2 is 1.19 bits per heavy atom. The second kappa shape index (κ2) is 19.3. The molecule has 0 unspecified atom stereocenters. The summed E-state index contributed by atoms with van der Waals surface area (Å²) >= 11 is 0. The van der Waals surface area contributed by atoms with Crippen LogP contribution in [0, 0.1) is 0 Å². The monoisotopic (exact) mass is 481 g/mol. The average Bonchev–Trinajstić information content (AvgIpc) is 2.73. The molecule has 0 aliphatic rings. The number of hydrogen-bond donors (Lipinski definition) is 0. The van der Waals surface area contributed by atoms with E-state index >= 15 is 0 Å². The van der Waals surface area contributed by atoms with Gasteiger partial charge in [-0.3, -0.25) is 0 Å². The van der Waals surface area contributed by atoms with Gasteiger partial charge in [-0.2, -0.15) is 0 Å². The molecule has 0 radical (unpaired) electrons. The standard InChI is InChI=1S/C21H49N2O6Si2/c1-8-24-30(25-9-2,26-10-3)20-14-17-23(19-16-22-7)18-15-21-31(27-11-4,28-12-5)29-13-6/h30H,7-21H2,1-6H3/q-1. The zero-order valence-electron chi connectivity index (χ0n) is 21.0. The van der Waals surface area contributed by atoms with Crippen LogP contribution in [0.25, 0.3) is 0 Å². The summed E-state index contributed by atoms with van der Waals surface area (Å²) in [7, 11) is -5.53. The summed E-state index contributed by atoms with van der Waals surface area (Å²) in [6.07, 6.45) is 1.92. The Labute approximate surface area is 193 Å². The van der Waals surface area contributed by atoms with Crippen molar-refractivity contribution in [2.75, 3.05) is 65.8 Å². The molecule has 0 aromatic heterocycles. The van der Waals surface area contributed by atoms with Gasteiger partial charge < -0.3 is 0 Å². The Morgan fingerprint density at radius 1 is 0.710 bits per heavy atom. The topological polar surface area (TPSA) is 71.0 Å². The fourth-order valence-electron chi connectivity index (χ4n) is 3.79. The quantitative estimate of drug-likeness (QED) is 0.163. The summed E-state index contributed by atoms with van der Waals surface area (Å²) in [4.78, 5) is 6.47. The van der Waals surface area contributed by atoms with E-state index in [1.54, 1.807) is 0 Å². The third-order valence-corrected chi connectivity index (χ3v) is 11.7. The molecule has 0 atom stereocenters. The molecular weight excluding hydrogens is 432 g/mol. The van der Waals surface area contributed by atoms with Gasteiger partial charge in [0.25, 0.3) is 0 Å². The van der Waals surface area contributed by atoms with Crippen molar-refractivity contribution in [2.45, 2.75) is 66.5 Å². The molecule has 0 aromatic rings. The minimum atomic E-state index is -2.93. The molecule has 0 N–H and O–H groups in total. The van der Waals surface area contributed by atoms with Crippen molar-refractivity contribution in [1.29, 1.82) is 0 Å². The summed E-state index contributed by atoms with van der Waals surface area (Å²) < 4.78 is 36.0. The Morgan fingerprint density at radius 3 is 1.61 bits per heavy atom. The van der Waals surface area contributed by atoms with Gasteiger partial charge in [-0.15, -0.1) is 0 Å². The SMILES string of the molecule is C=NCCN(CCC[Si](OCC)(OCC)OCC)CCC[SiH-](OCC)(OCC)OCC. The van der Waals surface area contributed by atoms with Crippen LogP contribution >= 0.6 is 0 Å².